The van der Waals surface area contributed by atoms with E-state index in [1.807, 2.05) is 32.0 Å². The van der Waals surface area contributed by atoms with Crippen LogP contribution in [0.4, 0.5) is 19.3 Å². The van der Waals surface area contributed by atoms with E-state index in [2.05, 4.69) is 20.7 Å². The van der Waals surface area contributed by atoms with Gasteiger partial charge in [0.15, 0.2) is 5.82 Å². The van der Waals surface area contributed by atoms with Gasteiger partial charge in [-0.2, -0.15) is 5.10 Å². The molecule has 2 N–H and O–H groups in total. The molecule has 0 atom stereocenters. The zero-order chi connectivity index (χ0) is 19.4. The highest BCUT2D eigenvalue weighted by atomic mass is 19.1. The largest absolute Gasteiger partial charge is 0.338 e. The Morgan fingerprint density at radius 1 is 1.11 bits per heavy atom. The third-order valence-electron chi connectivity index (χ3n) is 4.17. The molecule has 0 aliphatic heterocycles. The fraction of sp³-hybridized carbons (Fsp3) is 0.211. The van der Waals surface area contributed by atoms with Gasteiger partial charge in [0.25, 0.3) is 0 Å². The number of anilines is 1. The molecule has 3 aromatic rings. The number of nitrogens with one attached hydrogen (secondary N) is 2. The van der Waals surface area contributed by atoms with Crippen LogP contribution in [-0.2, 0) is 6.42 Å². The Morgan fingerprint density at radius 2 is 1.85 bits per heavy atom. The van der Waals surface area contributed by atoms with Gasteiger partial charge in [-0.15, -0.1) is 0 Å². The summed E-state index contributed by atoms with van der Waals surface area (Å²) in [6.07, 6.45) is 2.22. The minimum Gasteiger partial charge on any atom is -0.338 e. The van der Waals surface area contributed by atoms with Gasteiger partial charge in [0.1, 0.15) is 17.3 Å². The molecule has 0 unspecified atom stereocenters. The summed E-state index contributed by atoms with van der Waals surface area (Å²) in [5, 5.41) is 9.29. The molecule has 0 aliphatic rings. The summed E-state index contributed by atoms with van der Waals surface area (Å²) in [5.74, 6) is -0.938. The van der Waals surface area contributed by atoms with Gasteiger partial charge >= 0.3 is 6.03 Å². The number of amides is 2. The first kappa shape index (κ1) is 18.5. The van der Waals surface area contributed by atoms with Crippen LogP contribution in [0.2, 0.25) is 0 Å². The molecule has 0 saturated carbocycles. The second-order valence-electron chi connectivity index (χ2n) is 5.98. The minimum absolute atomic E-state index is 0.289. The zero-order valence-electron chi connectivity index (χ0n) is 15.0. The number of pyridine rings is 1. The molecule has 140 valence electrons. The third kappa shape index (κ3) is 4.11. The number of benzene rings is 1. The standard InChI is InChI=1S/C19H19F2N5O/c1-12-14(13(2)26(25-12)17-8-3-4-10-22-17)9-11-23-19(27)24-18-15(20)6-5-7-16(18)21/h3-8,10H,9,11H2,1-2H3,(H2,23,24,27). The highest BCUT2D eigenvalue weighted by Gasteiger charge is 2.15. The molecular weight excluding hydrogens is 352 g/mol. The molecule has 2 heterocycles. The van der Waals surface area contributed by atoms with Gasteiger partial charge in [0.2, 0.25) is 0 Å². The molecule has 1 aromatic carbocycles. The van der Waals surface area contributed by atoms with Crippen LogP contribution in [0, 0.1) is 25.5 Å². The molecule has 0 radical (unpaired) electrons. The van der Waals surface area contributed by atoms with Crippen molar-refractivity contribution in [3.63, 3.8) is 0 Å². The maximum Gasteiger partial charge on any atom is 0.319 e. The third-order valence-corrected chi connectivity index (χ3v) is 4.17. The topological polar surface area (TPSA) is 71.8 Å². The fourth-order valence-corrected chi connectivity index (χ4v) is 2.81. The number of nitrogens with zero attached hydrogens (tertiary/aromatic N) is 3. The van der Waals surface area contributed by atoms with Gasteiger partial charge in [-0.05, 0) is 50.1 Å². The summed E-state index contributed by atoms with van der Waals surface area (Å²) in [6.45, 7) is 4.10. The van der Waals surface area contributed by atoms with Crippen LogP contribution in [0.1, 0.15) is 17.0 Å². The number of halogens is 2. The number of aryl methyl sites for hydroxylation is 1. The van der Waals surface area contributed by atoms with Gasteiger partial charge in [0, 0.05) is 18.4 Å². The fourth-order valence-electron chi connectivity index (χ4n) is 2.81. The molecule has 8 heteroatoms. The number of para-hydroxylation sites is 1. The van der Waals surface area contributed by atoms with Crippen molar-refractivity contribution < 1.29 is 13.6 Å². The van der Waals surface area contributed by atoms with Gasteiger partial charge in [-0.1, -0.05) is 12.1 Å². The lowest BCUT2D eigenvalue weighted by atomic mass is 10.1. The molecule has 6 nitrogen and oxygen atoms in total. The molecular formula is C19H19F2N5O. The normalized spacial score (nSPS) is 10.7. The van der Waals surface area contributed by atoms with E-state index in [9.17, 15) is 13.6 Å². The Labute approximate surface area is 155 Å². The monoisotopic (exact) mass is 371 g/mol. The lowest BCUT2D eigenvalue weighted by molar-refractivity contribution is 0.252. The van der Waals surface area contributed by atoms with E-state index in [-0.39, 0.29) is 6.54 Å². The van der Waals surface area contributed by atoms with Gasteiger partial charge in [-0.3, -0.25) is 0 Å². The molecule has 0 aliphatic carbocycles. The predicted molar refractivity (Wildman–Crippen MR) is 97.9 cm³/mol. The SMILES string of the molecule is Cc1nn(-c2ccccn2)c(C)c1CCNC(=O)Nc1c(F)cccc1F. The first-order valence-electron chi connectivity index (χ1n) is 8.42. The van der Waals surface area contributed by atoms with E-state index >= 15 is 0 Å². The van der Waals surface area contributed by atoms with Crippen LogP contribution in [0.15, 0.2) is 42.6 Å². The van der Waals surface area contributed by atoms with Crippen molar-refractivity contribution in [3.05, 3.63) is 71.2 Å². The summed E-state index contributed by atoms with van der Waals surface area (Å²) in [6, 6.07) is 8.29. The van der Waals surface area contributed by atoms with Crippen molar-refractivity contribution in [3.8, 4) is 5.82 Å². The number of carbonyl (C=O) groups is 1. The Kier molecular flexibility index (Phi) is 5.44. The van der Waals surface area contributed by atoms with Crippen LogP contribution in [-0.4, -0.2) is 27.3 Å². The van der Waals surface area contributed by atoms with Crippen molar-refractivity contribution in [2.45, 2.75) is 20.3 Å². The van der Waals surface area contributed by atoms with Crippen molar-refractivity contribution in [2.75, 3.05) is 11.9 Å². The molecule has 0 saturated heterocycles. The molecule has 0 bridgehead atoms. The predicted octanol–water partition coefficient (Wildman–Crippen LogP) is 3.53. The van der Waals surface area contributed by atoms with E-state index in [4.69, 9.17) is 0 Å². The Bertz CT molecular complexity index is 936. The van der Waals surface area contributed by atoms with Crippen LogP contribution < -0.4 is 10.6 Å². The van der Waals surface area contributed by atoms with E-state index in [1.54, 1.807) is 10.9 Å². The number of urea groups is 1. The number of hydrogen-bond donors (Lipinski definition) is 2. The van der Waals surface area contributed by atoms with Crippen LogP contribution in [0.25, 0.3) is 5.82 Å². The van der Waals surface area contributed by atoms with Crippen molar-refractivity contribution >= 4 is 11.7 Å². The molecule has 0 spiro atoms. The van der Waals surface area contributed by atoms with Gasteiger partial charge in [-0.25, -0.2) is 23.2 Å². The summed E-state index contributed by atoms with van der Waals surface area (Å²) >= 11 is 0. The summed E-state index contributed by atoms with van der Waals surface area (Å²) < 4.78 is 28.9. The van der Waals surface area contributed by atoms with Crippen molar-refractivity contribution in [1.29, 1.82) is 0 Å². The van der Waals surface area contributed by atoms with E-state index < -0.39 is 23.4 Å². The van der Waals surface area contributed by atoms with Gasteiger partial charge in [0.05, 0.1) is 5.69 Å². The number of carbonyl (C=O) groups excluding carboxylic acids is 1. The van der Waals surface area contributed by atoms with Crippen LogP contribution in [0.5, 0.6) is 0 Å². The average Bonchev–Trinajstić information content (AvgIpc) is 2.94. The quantitative estimate of drug-likeness (QED) is 0.721. The maximum absolute atomic E-state index is 13.6. The van der Waals surface area contributed by atoms with Gasteiger partial charge < -0.3 is 10.6 Å². The summed E-state index contributed by atoms with van der Waals surface area (Å²) in [7, 11) is 0. The maximum atomic E-state index is 13.6. The molecule has 2 amide bonds. The Morgan fingerprint density at radius 3 is 2.52 bits per heavy atom. The van der Waals surface area contributed by atoms with Crippen LogP contribution in [0.3, 0.4) is 0 Å². The van der Waals surface area contributed by atoms with E-state index in [0.717, 1.165) is 29.1 Å². The Balaban J connectivity index is 1.62. The zero-order valence-corrected chi connectivity index (χ0v) is 15.0. The van der Waals surface area contributed by atoms with Crippen LogP contribution >= 0.6 is 0 Å². The second-order valence-corrected chi connectivity index (χ2v) is 5.98. The highest BCUT2D eigenvalue weighted by Crippen LogP contribution is 2.18. The summed E-state index contributed by atoms with van der Waals surface area (Å²) in [4.78, 5) is 16.2. The molecule has 27 heavy (non-hydrogen) atoms. The average molecular weight is 371 g/mol. The lowest BCUT2D eigenvalue weighted by Gasteiger charge is -2.09. The molecule has 2 aromatic heterocycles. The molecule has 0 fully saturated rings. The summed E-state index contributed by atoms with van der Waals surface area (Å²) in [5.41, 5.74) is 2.28. The highest BCUT2D eigenvalue weighted by molar-refractivity contribution is 5.89. The van der Waals surface area contributed by atoms with E-state index in [0.29, 0.717) is 12.2 Å². The van der Waals surface area contributed by atoms with Crippen molar-refractivity contribution in [2.24, 2.45) is 0 Å². The second kappa shape index (κ2) is 7.94. The first-order chi connectivity index (χ1) is 13.0. The lowest BCUT2D eigenvalue weighted by Crippen LogP contribution is -2.31. The smallest absolute Gasteiger partial charge is 0.319 e. The number of rotatable bonds is 5. The number of aromatic nitrogens is 3. The van der Waals surface area contributed by atoms with Crippen molar-refractivity contribution in [1.82, 2.24) is 20.1 Å². The first-order valence-corrected chi connectivity index (χ1v) is 8.42. The Hall–Kier alpha value is -3.29. The van der Waals surface area contributed by atoms with E-state index in [1.165, 1.54) is 6.07 Å². The molecule has 3 rings (SSSR count). The minimum atomic E-state index is -0.825. The number of hydrogen-bond acceptors (Lipinski definition) is 3.